The van der Waals surface area contributed by atoms with Crippen LogP contribution in [-0.2, 0) is 0 Å². The maximum absolute atomic E-state index is 3.72. The van der Waals surface area contributed by atoms with Gasteiger partial charge in [0.2, 0.25) is 0 Å². The number of hydrogen-bond donors (Lipinski definition) is 1. The van der Waals surface area contributed by atoms with E-state index < -0.39 is 0 Å². The molecule has 0 aromatic heterocycles. The molecular weight excluding hydrogens is 184 g/mol. The number of likely N-dealkylation sites (N-methyl/N-ethyl adjacent to an activating group) is 1. The van der Waals surface area contributed by atoms with Crippen LogP contribution >= 0.6 is 0 Å². The van der Waals surface area contributed by atoms with Crippen LogP contribution in [0.1, 0.15) is 39.5 Å². The maximum atomic E-state index is 3.72. The second-order valence-corrected chi connectivity index (χ2v) is 4.46. The van der Waals surface area contributed by atoms with Gasteiger partial charge in [-0.25, -0.2) is 0 Å². The third-order valence-electron chi connectivity index (χ3n) is 2.78. The van der Waals surface area contributed by atoms with Crippen LogP contribution in [0.5, 0.6) is 0 Å². The second-order valence-electron chi connectivity index (χ2n) is 4.46. The number of hydrogen-bond acceptors (Lipinski definition) is 2. The molecule has 0 aromatic carbocycles. The van der Waals surface area contributed by atoms with E-state index in [-0.39, 0.29) is 0 Å². The van der Waals surface area contributed by atoms with Crippen LogP contribution in [0.15, 0.2) is 12.7 Å². The van der Waals surface area contributed by atoms with Gasteiger partial charge in [0.05, 0.1) is 0 Å². The average Bonchev–Trinajstić information content (AvgIpc) is 2.21. The van der Waals surface area contributed by atoms with Crippen LogP contribution in [-0.4, -0.2) is 37.6 Å². The molecule has 0 radical (unpaired) electrons. The molecule has 0 amide bonds. The van der Waals surface area contributed by atoms with Crippen molar-refractivity contribution in [1.29, 1.82) is 0 Å². The summed E-state index contributed by atoms with van der Waals surface area (Å²) in [4.78, 5) is 2.37. The van der Waals surface area contributed by atoms with Crippen molar-refractivity contribution in [3.63, 3.8) is 0 Å². The van der Waals surface area contributed by atoms with E-state index in [1.807, 2.05) is 6.08 Å². The first-order valence-corrected chi connectivity index (χ1v) is 6.20. The minimum absolute atomic E-state index is 0.652. The molecule has 0 saturated carbocycles. The van der Waals surface area contributed by atoms with Gasteiger partial charge in [0, 0.05) is 19.1 Å². The normalized spacial score (nSPS) is 11.3. The van der Waals surface area contributed by atoms with E-state index in [1.54, 1.807) is 0 Å². The first kappa shape index (κ1) is 14.7. The van der Waals surface area contributed by atoms with E-state index in [1.165, 1.54) is 19.3 Å². The third-order valence-corrected chi connectivity index (χ3v) is 2.78. The fourth-order valence-corrected chi connectivity index (χ4v) is 1.35. The topological polar surface area (TPSA) is 15.3 Å². The second kappa shape index (κ2) is 10.2. The maximum Gasteiger partial charge on any atom is 0.0106 e. The lowest BCUT2D eigenvalue weighted by molar-refractivity contribution is 0.273. The van der Waals surface area contributed by atoms with Crippen molar-refractivity contribution >= 4 is 0 Å². The molecule has 0 rings (SSSR count). The molecule has 15 heavy (non-hydrogen) atoms. The van der Waals surface area contributed by atoms with Crippen molar-refractivity contribution in [1.82, 2.24) is 10.2 Å². The molecule has 1 N–H and O–H groups in total. The van der Waals surface area contributed by atoms with Gasteiger partial charge >= 0.3 is 0 Å². The van der Waals surface area contributed by atoms with Crippen molar-refractivity contribution in [2.75, 3.05) is 26.7 Å². The summed E-state index contributed by atoms with van der Waals surface area (Å²) in [6, 6.07) is 0.652. The predicted molar refractivity (Wildman–Crippen MR) is 69.3 cm³/mol. The lowest BCUT2D eigenvalue weighted by Gasteiger charge is -2.20. The Balaban J connectivity index is 3.08. The summed E-state index contributed by atoms with van der Waals surface area (Å²) in [5.41, 5.74) is 0. The Kier molecular flexibility index (Phi) is 9.96. The fraction of sp³-hybridized carbons (Fsp3) is 0.846. The highest BCUT2D eigenvalue weighted by Crippen LogP contribution is 1.98. The van der Waals surface area contributed by atoms with Crippen molar-refractivity contribution in [2.45, 2.75) is 45.6 Å². The molecule has 90 valence electrons. The highest BCUT2D eigenvalue weighted by atomic mass is 15.1. The fourth-order valence-electron chi connectivity index (χ4n) is 1.35. The van der Waals surface area contributed by atoms with Crippen LogP contribution < -0.4 is 5.32 Å². The highest BCUT2D eigenvalue weighted by Gasteiger charge is 2.00. The third kappa shape index (κ3) is 9.95. The Labute approximate surface area is 95.7 Å². The molecule has 0 spiro atoms. The van der Waals surface area contributed by atoms with Crippen molar-refractivity contribution in [3.8, 4) is 0 Å². The van der Waals surface area contributed by atoms with Gasteiger partial charge in [-0.1, -0.05) is 12.5 Å². The van der Waals surface area contributed by atoms with E-state index in [2.05, 4.69) is 37.7 Å². The van der Waals surface area contributed by atoms with Gasteiger partial charge in [0.15, 0.2) is 0 Å². The molecule has 0 aliphatic rings. The number of nitrogens with zero attached hydrogens (tertiary/aromatic N) is 1. The molecule has 0 aliphatic heterocycles. The standard InChI is InChI=1S/C13H28N2/c1-5-6-7-8-9-10-14-11-12-15(4)13(2)3/h5,13-14H,1,6-12H2,2-4H3. The van der Waals surface area contributed by atoms with Crippen molar-refractivity contribution < 1.29 is 0 Å². The molecule has 0 aliphatic carbocycles. The van der Waals surface area contributed by atoms with Gasteiger partial charge in [-0.3, -0.25) is 0 Å². The zero-order valence-electron chi connectivity index (χ0n) is 10.8. The van der Waals surface area contributed by atoms with Gasteiger partial charge in [0.1, 0.15) is 0 Å². The van der Waals surface area contributed by atoms with E-state index >= 15 is 0 Å². The summed E-state index contributed by atoms with van der Waals surface area (Å²) in [6.45, 7) is 11.6. The molecule has 2 nitrogen and oxygen atoms in total. The van der Waals surface area contributed by atoms with Crippen molar-refractivity contribution in [2.24, 2.45) is 0 Å². The number of rotatable bonds is 10. The quantitative estimate of drug-likeness (QED) is 0.442. The summed E-state index contributed by atoms with van der Waals surface area (Å²) in [7, 11) is 2.18. The number of unbranched alkanes of at least 4 members (excludes halogenated alkanes) is 3. The lowest BCUT2D eigenvalue weighted by atomic mass is 10.2. The Morgan fingerprint density at radius 1 is 1.20 bits per heavy atom. The molecule has 0 unspecified atom stereocenters. The van der Waals surface area contributed by atoms with Gasteiger partial charge < -0.3 is 10.2 Å². The number of allylic oxidation sites excluding steroid dienone is 1. The van der Waals surface area contributed by atoms with Crippen LogP contribution in [0.25, 0.3) is 0 Å². The SMILES string of the molecule is C=CCCCCCNCCN(C)C(C)C. The van der Waals surface area contributed by atoms with Gasteiger partial charge in [0.25, 0.3) is 0 Å². The minimum Gasteiger partial charge on any atom is -0.315 e. The molecule has 0 saturated heterocycles. The van der Waals surface area contributed by atoms with Crippen LogP contribution in [0.2, 0.25) is 0 Å². The summed E-state index contributed by atoms with van der Waals surface area (Å²) < 4.78 is 0. The monoisotopic (exact) mass is 212 g/mol. The van der Waals surface area contributed by atoms with Gasteiger partial charge in [-0.15, -0.1) is 6.58 Å². The van der Waals surface area contributed by atoms with E-state index in [9.17, 15) is 0 Å². The Bertz CT molecular complexity index is 143. The largest absolute Gasteiger partial charge is 0.315 e. The Morgan fingerprint density at radius 2 is 1.93 bits per heavy atom. The first-order valence-electron chi connectivity index (χ1n) is 6.20. The van der Waals surface area contributed by atoms with E-state index in [4.69, 9.17) is 0 Å². The minimum atomic E-state index is 0.652. The Hall–Kier alpha value is -0.340. The van der Waals surface area contributed by atoms with E-state index in [0.29, 0.717) is 6.04 Å². The first-order chi connectivity index (χ1) is 7.18. The molecule has 0 aromatic rings. The molecule has 0 bridgehead atoms. The molecule has 0 atom stereocenters. The van der Waals surface area contributed by atoms with E-state index in [0.717, 1.165) is 26.1 Å². The summed E-state index contributed by atoms with van der Waals surface area (Å²) in [6.07, 6.45) is 7.07. The zero-order chi connectivity index (χ0) is 11.5. The predicted octanol–water partition coefficient (Wildman–Crippen LogP) is 2.66. The van der Waals surface area contributed by atoms with Crippen LogP contribution in [0.4, 0.5) is 0 Å². The van der Waals surface area contributed by atoms with Gasteiger partial charge in [-0.2, -0.15) is 0 Å². The number of nitrogens with one attached hydrogen (secondary N) is 1. The van der Waals surface area contributed by atoms with Crippen LogP contribution in [0.3, 0.4) is 0 Å². The molecule has 0 heterocycles. The molecule has 0 fully saturated rings. The average molecular weight is 212 g/mol. The Morgan fingerprint density at radius 3 is 2.53 bits per heavy atom. The summed E-state index contributed by atoms with van der Waals surface area (Å²) in [5.74, 6) is 0. The zero-order valence-corrected chi connectivity index (χ0v) is 10.8. The molecule has 2 heteroatoms. The lowest BCUT2D eigenvalue weighted by Crippen LogP contribution is -2.34. The smallest absolute Gasteiger partial charge is 0.0106 e. The van der Waals surface area contributed by atoms with Gasteiger partial charge in [-0.05, 0) is 46.7 Å². The summed E-state index contributed by atoms with van der Waals surface area (Å²) >= 11 is 0. The van der Waals surface area contributed by atoms with Crippen molar-refractivity contribution in [3.05, 3.63) is 12.7 Å². The van der Waals surface area contributed by atoms with Crippen LogP contribution in [0, 0.1) is 0 Å². The highest BCUT2D eigenvalue weighted by molar-refractivity contribution is 4.65. The summed E-state index contributed by atoms with van der Waals surface area (Å²) in [5, 5.41) is 3.48. The molecular formula is C13H28N2.